The van der Waals surface area contributed by atoms with Gasteiger partial charge in [0.25, 0.3) is 5.69 Å². The van der Waals surface area contributed by atoms with Crippen molar-refractivity contribution in [2.75, 3.05) is 18.8 Å². The quantitative estimate of drug-likeness (QED) is 0.354. The Kier molecular flexibility index (Phi) is 5.34. The van der Waals surface area contributed by atoms with Gasteiger partial charge in [-0.2, -0.15) is 0 Å². The zero-order chi connectivity index (χ0) is 19.5. The van der Waals surface area contributed by atoms with Crippen LogP contribution in [0.2, 0.25) is 0 Å². The molecule has 28 heavy (non-hydrogen) atoms. The monoisotopic (exact) mass is 395 g/mol. The van der Waals surface area contributed by atoms with E-state index in [-0.39, 0.29) is 16.5 Å². The van der Waals surface area contributed by atoms with E-state index in [0.29, 0.717) is 12.3 Å². The van der Waals surface area contributed by atoms with Crippen molar-refractivity contribution >= 4 is 34.3 Å². The first-order valence-electron chi connectivity index (χ1n) is 9.33. The zero-order valence-corrected chi connectivity index (χ0v) is 16.2. The van der Waals surface area contributed by atoms with Gasteiger partial charge >= 0.3 is 0 Å². The third kappa shape index (κ3) is 3.89. The summed E-state index contributed by atoms with van der Waals surface area (Å²) < 4.78 is 2.14. The number of benzene rings is 2. The number of thioether (sulfide) groups is 1. The molecule has 1 aliphatic rings. The van der Waals surface area contributed by atoms with Gasteiger partial charge in [0.15, 0.2) is 0 Å². The number of aromatic nitrogens is 1. The van der Waals surface area contributed by atoms with Gasteiger partial charge in [-0.1, -0.05) is 30.3 Å². The summed E-state index contributed by atoms with van der Waals surface area (Å²) in [6.07, 6.45) is 4.28. The van der Waals surface area contributed by atoms with Crippen molar-refractivity contribution < 1.29 is 9.72 Å². The lowest BCUT2D eigenvalue weighted by Crippen LogP contribution is -2.29. The molecule has 1 amide bonds. The standard InChI is InChI=1S/C21H21N3O3S/c25-21(22-11-3-4-12-22)15-28-20-14-23(19-6-2-1-5-18(19)20)13-16-7-9-17(10-8-16)24(26)27/h1-2,5-10,14H,3-4,11-13,15H2. The predicted octanol–water partition coefficient (Wildman–Crippen LogP) is 4.31. The van der Waals surface area contributed by atoms with Crippen LogP contribution in [0.1, 0.15) is 18.4 Å². The molecule has 0 spiro atoms. The third-order valence-electron chi connectivity index (χ3n) is 5.06. The second-order valence-corrected chi connectivity index (χ2v) is 7.96. The second kappa shape index (κ2) is 8.06. The molecular formula is C21H21N3O3S. The molecule has 0 radical (unpaired) electrons. The van der Waals surface area contributed by atoms with Gasteiger partial charge in [-0.3, -0.25) is 14.9 Å². The molecule has 144 valence electrons. The summed E-state index contributed by atoms with van der Waals surface area (Å²) in [6.45, 7) is 2.38. The van der Waals surface area contributed by atoms with Crippen LogP contribution in [0, 0.1) is 10.1 Å². The van der Waals surface area contributed by atoms with Crippen molar-refractivity contribution in [3.63, 3.8) is 0 Å². The van der Waals surface area contributed by atoms with Gasteiger partial charge in [-0.15, -0.1) is 11.8 Å². The van der Waals surface area contributed by atoms with E-state index in [1.165, 1.54) is 12.1 Å². The fourth-order valence-corrected chi connectivity index (χ4v) is 4.57. The summed E-state index contributed by atoms with van der Waals surface area (Å²) in [5.74, 6) is 0.653. The number of hydrogen-bond acceptors (Lipinski definition) is 4. The van der Waals surface area contributed by atoms with Crippen LogP contribution in [-0.2, 0) is 11.3 Å². The van der Waals surface area contributed by atoms with Crippen molar-refractivity contribution in [2.45, 2.75) is 24.3 Å². The highest BCUT2D eigenvalue weighted by Gasteiger charge is 2.19. The highest BCUT2D eigenvalue weighted by molar-refractivity contribution is 8.00. The second-order valence-electron chi connectivity index (χ2n) is 6.94. The highest BCUT2D eigenvalue weighted by Crippen LogP contribution is 2.31. The predicted molar refractivity (Wildman–Crippen MR) is 111 cm³/mol. The SMILES string of the molecule is O=C(CSc1cn(Cc2ccc([N+](=O)[O-])cc2)c2ccccc12)N1CCCC1. The van der Waals surface area contributed by atoms with E-state index in [1.807, 2.05) is 17.0 Å². The number of amides is 1. The average molecular weight is 395 g/mol. The molecule has 1 aromatic heterocycles. The molecule has 1 aliphatic heterocycles. The third-order valence-corrected chi connectivity index (χ3v) is 6.09. The molecule has 0 saturated carbocycles. The minimum Gasteiger partial charge on any atom is -0.342 e. The first-order chi connectivity index (χ1) is 13.6. The Labute approximate surface area is 167 Å². The molecule has 1 saturated heterocycles. The molecule has 2 aromatic carbocycles. The maximum Gasteiger partial charge on any atom is 0.269 e. The molecule has 0 N–H and O–H groups in total. The van der Waals surface area contributed by atoms with Crippen molar-refractivity contribution in [3.05, 3.63) is 70.4 Å². The molecular weight excluding hydrogens is 374 g/mol. The van der Waals surface area contributed by atoms with E-state index < -0.39 is 0 Å². The molecule has 0 atom stereocenters. The van der Waals surface area contributed by atoms with Gasteiger partial charge in [0.2, 0.25) is 5.91 Å². The number of fused-ring (bicyclic) bond motifs is 1. The smallest absolute Gasteiger partial charge is 0.269 e. The van der Waals surface area contributed by atoms with Crippen molar-refractivity contribution in [1.29, 1.82) is 0 Å². The van der Waals surface area contributed by atoms with Crippen molar-refractivity contribution in [3.8, 4) is 0 Å². The minimum atomic E-state index is -0.388. The van der Waals surface area contributed by atoms with Crippen molar-refractivity contribution in [2.24, 2.45) is 0 Å². The van der Waals surface area contributed by atoms with Crippen LogP contribution < -0.4 is 0 Å². The maximum absolute atomic E-state index is 12.4. The van der Waals surface area contributed by atoms with Gasteiger partial charge < -0.3 is 9.47 Å². The fraction of sp³-hybridized carbons (Fsp3) is 0.286. The normalized spacial score (nSPS) is 13.9. The molecule has 1 fully saturated rings. The maximum atomic E-state index is 12.4. The van der Waals surface area contributed by atoms with Gasteiger partial charge in [0, 0.05) is 53.8 Å². The number of carbonyl (C=O) groups is 1. The van der Waals surface area contributed by atoms with Crippen LogP contribution >= 0.6 is 11.8 Å². The number of carbonyl (C=O) groups excluding carboxylic acids is 1. The highest BCUT2D eigenvalue weighted by atomic mass is 32.2. The van der Waals surface area contributed by atoms with Gasteiger partial charge in [-0.05, 0) is 24.5 Å². The van der Waals surface area contributed by atoms with Crippen LogP contribution in [0.4, 0.5) is 5.69 Å². The van der Waals surface area contributed by atoms with E-state index >= 15 is 0 Å². The summed E-state index contributed by atoms with van der Waals surface area (Å²) in [6, 6.07) is 14.8. The molecule has 0 aliphatic carbocycles. The van der Waals surface area contributed by atoms with Gasteiger partial charge in [0.1, 0.15) is 0 Å². The molecule has 0 unspecified atom stereocenters. The molecule has 6 nitrogen and oxygen atoms in total. The van der Waals surface area contributed by atoms with E-state index in [2.05, 4.69) is 22.9 Å². The Hall–Kier alpha value is -2.80. The Morgan fingerprint density at radius 3 is 2.50 bits per heavy atom. The summed E-state index contributed by atoms with van der Waals surface area (Å²) in [5, 5.41) is 12.0. The number of likely N-dealkylation sites (tertiary alicyclic amines) is 1. The largest absolute Gasteiger partial charge is 0.342 e. The van der Waals surface area contributed by atoms with Crippen LogP contribution in [0.25, 0.3) is 10.9 Å². The number of rotatable bonds is 6. The number of hydrogen-bond donors (Lipinski definition) is 0. The van der Waals surface area contributed by atoms with Crippen LogP contribution in [0.5, 0.6) is 0 Å². The Morgan fingerprint density at radius 1 is 1.07 bits per heavy atom. The van der Waals surface area contributed by atoms with E-state index in [1.54, 1.807) is 23.9 Å². The summed E-state index contributed by atoms with van der Waals surface area (Å²) in [7, 11) is 0. The summed E-state index contributed by atoms with van der Waals surface area (Å²) in [4.78, 5) is 25.9. The number of nitro benzene ring substituents is 1. The number of nitro groups is 1. The zero-order valence-electron chi connectivity index (χ0n) is 15.4. The van der Waals surface area contributed by atoms with Crippen LogP contribution in [0.3, 0.4) is 0 Å². The molecule has 3 aromatic rings. The lowest BCUT2D eigenvalue weighted by molar-refractivity contribution is -0.384. The topological polar surface area (TPSA) is 68.4 Å². The fourth-order valence-electron chi connectivity index (χ4n) is 3.58. The number of nitrogens with zero attached hydrogens (tertiary/aromatic N) is 3. The molecule has 4 rings (SSSR count). The van der Waals surface area contributed by atoms with E-state index in [4.69, 9.17) is 0 Å². The van der Waals surface area contributed by atoms with Gasteiger partial charge in [0.05, 0.1) is 10.7 Å². The summed E-state index contributed by atoms with van der Waals surface area (Å²) in [5.41, 5.74) is 2.19. The lowest BCUT2D eigenvalue weighted by atomic mass is 10.2. The molecule has 0 bridgehead atoms. The Morgan fingerprint density at radius 2 is 1.79 bits per heavy atom. The molecule has 2 heterocycles. The van der Waals surface area contributed by atoms with Gasteiger partial charge in [-0.25, -0.2) is 0 Å². The van der Waals surface area contributed by atoms with Crippen LogP contribution in [-0.4, -0.2) is 39.1 Å². The van der Waals surface area contributed by atoms with Crippen molar-refractivity contribution in [1.82, 2.24) is 9.47 Å². The van der Waals surface area contributed by atoms with E-state index in [9.17, 15) is 14.9 Å². The van der Waals surface area contributed by atoms with Crippen LogP contribution in [0.15, 0.2) is 59.6 Å². The minimum absolute atomic E-state index is 0.0952. The lowest BCUT2D eigenvalue weighted by Gasteiger charge is -2.14. The summed E-state index contributed by atoms with van der Waals surface area (Å²) >= 11 is 1.58. The first kappa shape index (κ1) is 18.6. The number of non-ortho nitro benzene ring substituents is 1. The first-order valence-corrected chi connectivity index (χ1v) is 10.3. The number of para-hydroxylation sites is 1. The van der Waals surface area contributed by atoms with E-state index in [0.717, 1.165) is 47.3 Å². The Bertz CT molecular complexity index is 1010. The Balaban J connectivity index is 1.54. The average Bonchev–Trinajstić information content (AvgIpc) is 3.36. The molecule has 7 heteroatoms.